The smallest absolute Gasteiger partial charge is 0.410 e. The quantitative estimate of drug-likeness (QED) is 0.731. The van der Waals surface area contributed by atoms with E-state index in [9.17, 15) is 9.59 Å². The zero-order chi connectivity index (χ0) is 16.8. The Morgan fingerprint density at radius 2 is 1.50 bits per heavy atom. The van der Waals surface area contributed by atoms with Crippen LogP contribution in [-0.4, -0.2) is 59.5 Å². The van der Waals surface area contributed by atoms with E-state index in [1.54, 1.807) is 4.90 Å². The van der Waals surface area contributed by atoms with Crippen LogP contribution in [0.5, 0.6) is 0 Å². The Morgan fingerprint density at radius 3 is 1.91 bits per heavy atom. The summed E-state index contributed by atoms with van der Waals surface area (Å²) < 4.78 is 5.48. The van der Waals surface area contributed by atoms with Gasteiger partial charge in [0.1, 0.15) is 5.60 Å². The number of carbonyl (C=O) groups excluding carboxylic acids is 2. The van der Waals surface area contributed by atoms with Gasteiger partial charge < -0.3 is 14.5 Å². The Hall–Kier alpha value is -0.970. The van der Waals surface area contributed by atoms with Crippen molar-refractivity contribution in [3.63, 3.8) is 0 Å². The highest BCUT2D eigenvalue weighted by atomic mass is 35.5. The Labute approximate surface area is 137 Å². The lowest BCUT2D eigenvalue weighted by molar-refractivity contribution is -0.130. The number of ether oxygens (including phenoxy) is 1. The van der Waals surface area contributed by atoms with Crippen LogP contribution in [0.2, 0.25) is 0 Å². The lowest BCUT2D eigenvalue weighted by Gasteiger charge is -2.29. The van der Waals surface area contributed by atoms with Gasteiger partial charge in [0.2, 0.25) is 5.91 Å². The molecule has 0 aromatic carbocycles. The molecule has 2 amide bonds. The SMILES string of the molecule is CC(C)(C)OC(=O)N1C[C@]2(C)CN(C(=O)CCCl)C[C@]2(C)C1. The third kappa shape index (κ3) is 3.19. The fourth-order valence-corrected chi connectivity index (χ4v) is 3.69. The third-order valence-electron chi connectivity index (χ3n) is 4.93. The van der Waals surface area contributed by atoms with Gasteiger partial charge in [0, 0.05) is 49.3 Å². The lowest BCUT2D eigenvalue weighted by atomic mass is 9.71. The van der Waals surface area contributed by atoms with Crippen LogP contribution in [0.1, 0.15) is 41.0 Å². The molecule has 0 aromatic rings. The van der Waals surface area contributed by atoms with E-state index in [2.05, 4.69) is 13.8 Å². The highest BCUT2D eigenvalue weighted by Gasteiger charge is 2.59. The maximum absolute atomic E-state index is 12.3. The minimum Gasteiger partial charge on any atom is -0.444 e. The number of amides is 2. The summed E-state index contributed by atoms with van der Waals surface area (Å²) in [5.74, 6) is 0.461. The molecule has 2 atom stereocenters. The van der Waals surface area contributed by atoms with Gasteiger partial charge in [0.15, 0.2) is 0 Å². The number of nitrogens with zero attached hydrogens (tertiary/aromatic N) is 2. The molecule has 0 spiro atoms. The van der Waals surface area contributed by atoms with E-state index in [0.29, 0.717) is 38.5 Å². The van der Waals surface area contributed by atoms with Gasteiger partial charge in [0.25, 0.3) is 0 Å². The van der Waals surface area contributed by atoms with Crippen molar-refractivity contribution < 1.29 is 14.3 Å². The summed E-state index contributed by atoms with van der Waals surface area (Å²) >= 11 is 5.67. The number of hydrogen-bond donors (Lipinski definition) is 0. The molecule has 6 heteroatoms. The molecular formula is C16H27ClN2O3. The van der Waals surface area contributed by atoms with Gasteiger partial charge in [-0.1, -0.05) is 13.8 Å². The van der Waals surface area contributed by atoms with Gasteiger partial charge >= 0.3 is 6.09 Å². The van der Waals surface area contributed by atoms with Crippen LogP contribution in [0.15, 0.2) is 0 Å². The summed E-state index contributed by atoms with van der Waals surface area (Å²) in [6.07, 6.45) is 0.117. The van der Waals surface area contributed by atoms with Gasteiger partial charge in [-0.25, -0.2) is 4.79 Å². The fourth-order valence-electron chi connectivity index (χ4n) is 3.53. The lowest BCUT2D eigenvalue weighted by Crippen LogP contribution is -2.40. The van der Waals surface area contributed by atoms with E-state index in [0.717, 1.165) is 0 Å². The normalized spacial score (nSPS) is 31.4. The number of likely N-dealkylation sites (tertiary alicyclic amines) is 2. The predicted octanol–water partition coefficient (Wildman–Crippen LogP) is 2.72. The topological polar surface area (TPSA) is 49.9 Å². The highest BCUT2D eigenvalue weighted by molar-refractivity contribution is 6.18. The van der Waals surface area contributed by atoms with Crippen LogP contribution in [-0.2, 0) is 9.53 Å². The summed E-state index contributed by atoms with van der Waals surface area (Å²) in [5, 5.41) is 0. The van der Waals surface area contributed by atoms with Crippen molar-refractivity contribution in [3.05, 3.63) is 0 Å². The Kier molecular flexibility index (Phi) is 4.42. The molecule has 0 unspecified atom stereocenters. The average molecular weight is 331 g/mol. The van der Waals surface area contributed by atoms with Gasteiger partial charge in [-0.3, -0.25) is 4.79 Å². The van der Waals surface area contributed by atoms with Crippen LogP contribution in [0.25, 0.3) is 0 Å². The number of halogens is 1. The van der Waals surface area contributed by atoms with E-state index < -0.39 is 5.60 Å². The van der Waals surface area contributed by atoms with E-state index in [4.69, 9.17) is 16.3 Å². The number of fused-ring (bicyclic) bond motifs is 1. The average Bonchev–Trinajstić information content (AvgIpc) is 2.72. The Bertz CT molecular complexity index is 457. The minimum absolute atomic E-state index is 0.0914. The van der Waals surface area contributed by atoms with Crippen molar-refractivity contribution >= 4 is 23.6 Å². The zero-order valence-electron chi connectivity index (χ0n) is 14.2. The standard InChI is InChI=1S/C16H27ClN2O3/c1-14(2,3)22-13(21)19-10-15(4)8-18(12(20)6-7-17)9-16(15,5)11-19/h6-11H2,1-5H3/t15-,16+. The van der Waals surface area contributed by atoms with Gasteiger partial charge in [0.05, 0.1) is 0 Å². The second kappa shape index (κ2) is 5.59. The molecule has 2 fully saturated rings. The van der Waals surface area contributed by atoms with Crippen molar-refractivity contribution in [2.75, 3.05) is 32.1 Å². The van der Waals surface area contributed by atoms with Crippen molar-refractivity contribution in [1.29, 1.82) is 0 Å². The predicted molar refractivity (Wildman–Crippen MR) is 85.9 cm³/mol. The van der Waals surface area contributed by atoms with E-state index in [-0.39, 0.29) is 22.8 Å². The Balaban J connectivity index is 2.06. The molecule has 0 aliphatic carbocycles. The van der Waals surface area contributed by atoms with Crippen LogP contribution in [0.4, 0.5) is 4.79 Å². The van der Waals surface area contributed by atoms with Crippen LogP contribution in [0, 0.1) is 10.8 Å². The second-order valence-electron chi connectivity index (χ2n) is 8.15. The molecule has 2 aliphatic heterocycles. The van der Waals surface area contributed by atoms with Crippen LogP contribution in [0.3, 0.4) is 0 Å². The van der Waals surface area contributed by atoms with Crippen molar-refractivity contribution in [1.82, 2.24) is 9.80 Å². The number of carbonyl (C=O) groups is 2. The molecule has 0 radical (unpaired) electrons. The number of hydrogen-bond acceptors (Lipinski definition) is 3. The van der Waals surface area contributed by atoms with Crippen molar-refractivity contribution in [3.8, 4) is 0 Å². The molecule has 2 heterocycles. The van der Waals surface area contributed by atoms with E-state index >= 15 is 0 Å². The van der Waals surface area contributed by atoms with Crippen molar-refractivity contribution in [2.24, 2.45) is 10.8 Å². The van der Waals surface area contributed by atoms with Gasteiger partial charge in [-0.15, -0.1) is 11.6 Å². The van der Waals surface area contributed by atoms with Crippen molar-refractivity contribution in [2.45, 2.75) is 46.6 Å². The highest BCUT2D eigenvalue weighted by Crippen LogP contribution is 2.51. The molecule has 0 bridgehead atoms. The molecule has 0 saturated carbocycles. The molecule has 126 valence electrons. The molecule has 0 N–H and O–H groups in total. The number of alkyl halides is 1. The fraction of sp³-hybridized carbons (Fsp3) is 0.875. The summed E-state index contributed by atoms with van der Waals surface area (Å²) in [6.45, 7) is 12.5. The summed E-state index contributed by atoms with van der Waals surface area (Å²) in [4.78, 5) is 28.1. The maximum atomic E-state index is 12.3. The van der Waals surface area contributed by atoms with Gasteiger partial charge in [-0.2, -0.15) is 0 Å². The molecular weight excluding hydrogens is 304 g/mol. The van der Waals surface area contributed by atoms with Crippen LogP contribution < -0.4 is 0 Å². The molecule has 5 nitrogen and oxygen atoms in total. The summed E-state index contributed by atoms with van der Waals surface area (Å²) in [6, 6.07) is 0. The van der Waals surface area contributed by atoms with E-state index in [1.807, 2.05) is 25.7 Å². The van der Waals surface area contributed by atoms with E-state index in [1.165, 1.54) is 0 Å². The molecule has 22 heavy (non-hydrogen) atoms. The zero-order valence-corrected chi connectivity index (χ0v) is 15.0. The van der Waals surface area contributed by atoms with Crippen LogP contribution >= 0.6 is 11.6 Å². The minimum atomic E-state index is -0.487. The number of rotatable bonds is 2. The molecule has 2 saturated heterocycles. The monoisotopic (exact) mass is 330 g/mol. The first-order valence-corrected chi connectivity index (χ1v) is 8.35. The third-order valence-corrected chi connectivity index (χ3v) is 5.12. The second-order valence-corrected chi connectivity index (χ2v) is 8.52. The van der Waals surface area contributed by atoms with Gasteiger partial charge in [-0.05, 0) is 20.8 Å². The Morgan fingerprint density at radius 1 is 1.05 bits per heavy atom. The first-order valence-electron chi connectivity index (χ1n) is 7.81. The first-order chi connectivity index (χ1) is 10.00. The first kappa shape index (κ1) is 17.4. The largest absolute Gasteiger partial charge is 0.444 e. The summed E-state index contributed by atoms with van der Waals surface area (Å²) in [7, 11) is 0. The summed E-state index contributed by atoms with van der Waals surface area (Å²) in [5.41, 5.74) is -0.670. The maximum Gasteiger partial charge on any atom is 0.410 e. The molecule has 2 aliphatic rings. The molecule has 0 aromatic heterocycles. The molecule has 2 rings (SSSR count).